The molecule has 2 heterocycles. The Kier molecular flexibility index (Phi) is 3.28. The van der Waals surface area contributed by atoms with E-state index >= 15 is 0 Å². The Morgan fingerprint density at radius 3 is 2.54 bits per heavy atom. The van der Waals surface area contributed by atoms with Gasteiger partial charge in [0.15, 0.2) is 17.5 Å². The molecule has 2 aliphatic rings. The molecule has 124 valence electrons. The van der Waals surface area contributed by atoms with E-state index in [4.69, 9.17) is 11.6 Å². The fourth-order valence-corrected chi connectivity index (χ4v) is 3.50. The molecule has 0 radical (unpaired) electrons. The van der Waals surface area contributed by atoms with Crippen LogP contribution >= 0.6 is 11.6 Å². The molecule has 0 spiro atoms. The molecule has 2 unspecified atom stereocenters. The maximum absolute atomic E-state index is 12.9. The van der Waals surface area contributed by atoms with Crippen molar-refractivity contribution in [1.82, 2.24) is 20.1 Å². The zero-order chi connectivity index (χ0) is 17.1. The number of nitrogens with one attached hydrogen (secondary N) is 1. The average Bonchev–Trinajstić information content (AvgIpc) is 3.29. The fourth-order valence-electron chi connectivity index (χ4n) is 3.38. The van der Waals surface area contributed by atoms with E-state index in [2.05, 4.69) is 15.4 Å². The maximum Gasteiger partial charge on any atom is 0.239 e. The quantitative estimate of drug-likeness (QED) is 0.865. The van der Waals surface area contributed by atoms with Gasteiger partial charge in [-0.3, -0.25) is 14.3 Å². The largest absolute Gasteiger partial charge is 0.343 e. The molecule has 6 nitrogen and oxygen atoms in total. The summed E-state index contributed by atoms with van der Waals surface area (Å²) < 4.78 is 1.52. The smallest absolute Gasteiger partial charge is 0.239 e. The van der Waals surface area contributed by atoms with Crippen LogP contribution in [0, 0.1) is 5.92 Å². The maximum atomic E-state index is 12.9. The molecular weight excluding hydrogens is 328 g/mol. The molecule has 7 heteroatoms. The number of aryl methyl sites for hydroxylation is 1. The Labute approximate surface area is 144 Å². The summed E-state index contributed by atoms with van der Waals surface area (Å²) >= 11 is 5.90. The number of Topliss-reactive ketones (excluding diaryl/α,β-unsaturated/α-hetero) is 1. The van der Waals surface area contributed by atoms with Gasteiger partial charge in [-0.1, -0.05) is 11.6 Å². The lowest BCUT2D eigenvalue weighted by molar-refractivity contribution is -0.125. The molecule has 1 aliphatic heterocycles. The van der Waals surface area contributed by atoms with E-state index in [1.165, 1.54) is 4.68 Å². The van der Waals surface area contributed by atoms with E-state index in [1.807, 2.05) is 19.1 Å². The van der Waals surface area contributed by atoms with Crippen molar-refractivity contribution in [1.29, 1.82) is 0 Å². The second-order valence-corrected chi connectivity index (χ2v) is 7.12. The summed E-state index contributed by atoms with van der Waals surface area (Å²) in [6, 6.07) is 7.13. The molecule has 2 atom stereocenters. The van der Waals surface area contributed by atoms with E-state index in [9.17, 15) is 9.59 Å². The number of aromatic nitrogens is 3. The van der Waals surface area contributed by atoms with E-state index in [-0.39, 0.29) is 17.6 Å². The van der Waals surface area contributed by atoms with Gasteiger partial charge in [0.25, 0.3) is 0 Å². The summed E-state index contributed by atoms with van der Waals surface area (Å²) in [7, 11) is 1.70. The van der Waals surface area contributed by atoms with Crippen LogP contribution < -0.4 is 5.32 Å². The monoisotopic (exact) mass is 344 g/mol. The first-order chi connectivity index (χ1) is 11.4. The third kappa shape index (κ3) is 2.24. The summed E-state index contributed by atoms with van der Waals surface area (Å²) in [5.74, 6) is -0.186. The molecule has 2 aromatic rings. The zero-order valence-corrected chi connectivity index (χ0v) is 14.2. The van der Waals surface area contributed by atoms with Gasteiger partial charge in [-0.25, -0.2) is 4.98 Å². The Morgan fingerprint density at radius 1 is 1.25 bits per heavy atom. The third-order valence-electron chi connectivity index (χ3n) is 4.97. The molecule has 4 rings (SSSR count). The molecule has 1 aliphatic carbocycles. The molecule has 1 N–H and O–H groups in total. The summed E-state index contributed by atoms with van der Waals surface area (Å²) in [6.07, 6.45) is 1.95. The molecule has 1 aromatic carbocycles. The van der Waals surface area contributed by atoms with Crippen LogP contribution in [0.3, 0.4) is 0 Å². The Balaban J connectivity index is 1.71. The van der Waals surface area contributed by atoms with Gasteiger partial charge in [0.05, 0.1) is 5.54 Å². The van der Waals surface area contributed by atoms with Gasteiger partial charge in [0, 0.05) is 17.6 Å². The van der Waals surface area contributed by atoms with Crippen molar-refractivity contribution >= 4 is 23.3 Å². The summed E-state index contributed by atoms with van der Waals surface area (Å²) in [6.45, 7) is 1.82. The van der Waals surface area contributed by atoms with Gasteiger partial charge in [0.1, 0.15) is 5.82 Å². The van der Waals surface area contributed by atoms with E-state index in [0.29, 0.717) is 16.7 Å². The van der Waals surface area contributed by atoms with Gasteiger partial charge in [-0.15, -0.1) is 0 Å². The van der Waals surface area contributed by atoms with Crippen molar-refractivity contribution < 1.29 is 9.59 Å². The molecule has 1 amide bonds. The van der Waals surface area contributed by atoms with Gasteiger partial charge in [-0.2, -0.15) is 5.10 Å². The number of ketones is 1. The van der Waals surface area contributed by atoms with E-state index < -0.39 is 11.5 Å². The highest BCUT2D eigenvalue weighted by atomic mass is 35.5. The predicted molar refractivity (Wildman–Crippen MR) is 88.5 cm³/mol. The second kappa shape index (κ2) is 5.14. The number of rotatable bonds is 3. The number of hydrogen-bond acceptors (Lipinski definition) is 4. The first-order valence-corrected chi connectivity index (χ1v) is 8.31. The van der Waals surface area contributed by atoms with Crippen molar-refractivity contribution in [3.05, 3.63) is 35.1 Å². The van der Waals surface area contributed by atoms with Crippen LogP contribution in [-0.4, -0.2) is 32.0 Å². The number of halogens is 1. The normalized spacial score (nSPS) is 26.7. The van der Waals surface area contributed by atoms with Crippen LogP contribution in [0.5, 0.6) is 0 Å². The number of amides is 1. The van der Waals surface area contributed by atoms with Crippen LogP contribution in [0.2, 0.25) is 5.02 Å². The standard InChI is InChI=1S/C17H17ClN4O2/c1-17(10-5-6-10)13(23)12(16(24)20-17)15-19-14(21-22(15)2)9-3-7-11(18)8-4-9/h3-4,7-8,10,12H,5-6H2,1-2H3,(H,20,24). The summed E-state index contributed by atoms with van der Waals surface area (Å²) in [5, 5.41) is 7.88. The zero-order valence-electron chi connectivity index (χ0n) is 13.4. The number of hydrogen-bond donors (Lipinski definition) is 1. The van der Waals surface area contributed by atoms with Crippen LogP contribution in [-0.2, 0) is 16.6 Å². The van der Waals surface area contributed by atoms with Crippen molar-refractivity contribution in [3.8, 4) is 11.4 Å². The molecular formula is C17H17ClN4O2. The van der Waals surface area contributed by atoms with Crippen molar-refractivity contribution in [3.63, 3.8) is 0 Å². The lowest BCUT2D eigenvalue weighted by Crippen LogP contribution is -2.45. The lowest BCUT2D eigenvalue weighted by Gasteiger charge is -2.21. The molecule has 1 saturated heterocycles. The van der Waals surface area contributed by atoms with Crippen LogP contribution in [0.4, 0.5) is 0 Å². The topological polar surface area (TPSA) is 76.9 Å². The second-order valence-electron chi connectivity index (χ2n) is 6.69. The van der Waals surface area contributed by atoms with E-state index in [0.717, 1.165) is 18.4 Å². The minimum absolute atomic E-state index is 0.104. The first kappa shape index (κ1) is 15.3. The van der Waals surface area contributed by atoms with Gasteiger partial charge >= 0.3 is 0 Å². The average molecular weight is 345 g/mol. The molecule has 2 fully saturated rings. The van der Waals surface area contributed by atoms with Crippen LogP contribution in [0.1, 0.15) is 31.5 Å². The number of benzene rings is 1. The Morgan fingerprint density at radius 2 is 1.92 bits per heavy atom. The SMILES string of the molecule is Cn1nc(-c2ccc(Cl)cc2)nc1C1C(=O)NC(C)(C2CC2)C1=O. The summed E-state index contributed by atoms with van der Waals surface area (Å²) in [5.41, 5.74) is 0.0192. The number of carbonyl (C=O) groups excluding carboxylic acids is 2. The van der Waals surface area contributed by atoms with Gasteiger partial charge in [0.2, 0.25) is 5.91 Å². The highest BCUT2D eigenvalue weighted by Crippen LogP contribution is 2.45. The Hall–Kier alpha value is -2.21. The van der Waals surface area contributed by atoms with Gasteiger partial charge < -0.3 is 5.32 Å². The van der Waals surface area contributed by atoms with Crippen LogP contribution in [0.25, 0.3) is 11.4 Å². The van der Waals surface area contributed by atoms with Crippen LogP contribution in [0.15, 0.2) is 24.3 Å². The highest BCUT2D eigenvalue weighted by molar-refractivity contribution is 6.30. The minimum Gasteiger partial charge on any atom is -0.343 e. The van der Waals surface area contributed by atoms with E-state index in [1.54, 1.807) is 19.2 Å². The third-order valence-corrected chi connectivity index (χ3v) is 5.22. The lowest BCUT2D eigenvalue weighted by atomic mass is 9.88. The van der Waals surface area contributed by atoms with Crippen molar-refractivity contribution in [2.45, 2.75) is 31.2 Å². The predicted octanol–water partition coefficient (Wildman–Crippen LogP) is 2.09. The summed E-state index contributed by atoms with van der Waals surface area (Å²) in [4.78, 5) is 29.8. The minimum atomic E-state index is -0.894. The highest BCUT2D eigenvalue weighted by Gasteiger charge is 2.58. The number of carbonyl (C=O) groups is 2. The van der Waals surface area contributed by atoms with Gasteiger partial charge in [-0.05, 0) is 49.9 Å². The first-order valence-electron chi connectivity index (χ1n) is 7.93. The molecule has 1 aromatic heterocycles. The number of nitrogens with zero attached hydrogens (tertiary/aromatic N) is 3. The van der Waals surface area contributed by atoms with Crippen molar-refractivity contribution in [2.75, 3.05) is 0 Å². The molecule has 0 bridgehead atoms. The van der Waals surface area contributed by atoms with Crippen molar-refractivity contribution in [2.24, 2.45) is 13.0 Å². The molecule has 24 heavy (non-hydrogen) atoms. The fraction of sp³-hybridized carbons (Fsp3) is 0.412. The Bertz CT molecular complexity index is 841. The molecule has 1 saturated carbocycles.